The van der Waals surface area contributed by atoms with Crippen molar-refractivity contribution in [3.8, 4) is 0 Å². The van der Waals surface area contributed by atoms with Gasteiger partial charge in [0, 0.05) is 12.8 Å². The van der Waals surface area contributed by atoms with Gasteiger partial charge in [-0.05, 0) is 83.5 Å². The van der Waals surface area contributed by atoms with Gasteiger partial charge in [-0.2, -0.15) is 0 Å². The molecule has 0 aliphatic carbocycles. The summed E-state index contributed by atoms with van der Waals surface area (Å²) < 4.78 is 5.49. The van der Waals surface area contributed by atoms with Crippen LogP contribution in [0.15, 0.2) is 36.5 Å². The zero-order chi connectivity index (χ0) is 57.8. The van der Waals surface area contributed by atoms with E-state index in [1.165, 1.54) is 327 Å². The van der Waals surface area contributed by atoms with Crippen molar-refractivity contribution in [1.29, 1.82) is 0 Å². The zero-order valence-corrected chi connectivity index (χ0v) is 54.1. The fourth-order valence-corrected chi connectivity index (χ4v) is 11.3. The van der Waals surface area contributed by atoms with E-state index in [1.54, 1.807) is 6.08 Å². The summed E-state index contributed by atoms with van der Waals surface area (Å²) >= 11 is 0. The number of nitrogens with one attached hydrogen (secondary N) is 1. The highest BCUT2D eigenvalue weighted by Gasteiger charge is 2.18. The predicted molar refractivity (Wildman–Crippen MR) is 352 cm³/mol. The van der Waals surface area contributed by atoms with Crippen LogP contribution in [0.4, 0.5) is 0 Å². The molecule has 0 aromatic rings. The van der Waals surface area contributed by atoms with E-state index in [0.717, 1.165) is 44.9 Å². The second-order valence-corrected chi connectivity index (χ2v) is 24.9. The average Bonchev–Trinajstić information content (AvgIpc) is 3.46. The van der Waals surface area contributed by atoms with E-state index in [0.29, 0.717) is 19.4 Å². The summed E-state index contributed by atoms with van der Waals surface area (Å²) in [7, 11) is 0. The van der Waals surface area contributed by atoms with Crippen LogP contribution in [-0.2, 0) is 14.3 Å². The lowest BCUT2D eigenvalue weighted by atomic mass is 10.0. The first kappa shape index (κ1) is 78.1. The Morgan fingerprint density at radius 2 is 0.588 bits per heavy atom. The normalized spacial score (nSPS) is 12.7. The lowest BCUT2D eigenvalue weighted by molar-refractivity contribution is -0.143. The van der Waals surface area contributed by atoms with Crippen LogP contribution in [0.3, 0.4) is 0 Å². The third kappa shape index (κ3) is 65.2. The maximum Gasteiger partial charge on any atom is 0.305 e. The van der Waals surface area contributed by atoms with Crippen LogP contribution in [-0.4, -0.2) is 47.4 Å². The molecule has 0 fully saturated rings. The fraction of sp³-hybridized carbons (Fsp3) is 0.892. The molecule has 1 amide bonds. The second-order valence-electron chi connectivity index (χ2n) is 24.9. The molecule has 472 valence electrons. The van der Waals surface area contributed by atoms with Crippen molar-refractivity contribution in [2.24, 2.45) is 0 Å². The summed E-state index contributed by atoms with van der Waals surface area (Å²) in [4.78, 5) is 24.6. The number of hydrogen-bond donors (Lipinski definition) is 3. The minimum atomic E-state index is -0.847. The van der Waals surface area contributed by atoms with Crippen LogP contribution in [0.5, 0.6) is 0 Å². The largest absolute Gasteiger partial charge is 0.466 e. The number of esters is 1. The van der Waals surface area contributed by atoms with Crippen molar-refractivity contribution in [1.82, 2.24) is 5.32 Å². The number of aliphatic hydroxyl groups excluding tert-OH is 2. The highest BCUT2D eigenvalue weighted by atomic mass is 16.5. The van der Waals surface area contributed by atoms with Crippen LogP contribution in [0, 0.1) is 0 Å². The second kappa shape index (κ2) is 69.6. The van der Waals surface area contributed by atoms with Crippen LogP contribution in [0.1, 0.15) is 399 Å². The van der Waals surface area contributed by atoms with Gasteiger partial charge in [-0.3, -0.25) is 9.59 Å². The number of amides is 1. The molecule has 0 radical (unpaired) electrons. The van der Waals surface area contributed by atoms with E-state index in [9.17, 15) is 19.8 Å². The Kier molecular flexibility index (Phi) is 67.9. The lowest BCUT2D eigenvalue weighted by Gasteiger charge is -2.20. The number of hydrogen-bond acceptors (Lipinski definition) is 5. The fourth-order valence-electron chi connectivity index (χ4n) is 11.3. The van der Waals surface area contributed by atoms with Gasteiger partial charge in [-0.15, -0.1) is 0 Å². The maximum atomic E-state index is 12.5. The summed E-state index contributed by atoms with van der Waals surface area (Å²) in [5, 5.41) is 23.3. The third-order valence-electron chi connectivity index (χ3n) is 16.9. The Morgan fingerprint density at radius 3 is 0.887 bits per heavy atom. The van der Waals surface area contributed by atoms with Crippen LogP contribution in [0.2, 0.25) is 0 Å². The molecule has 0 aromatic heterocycles. The molecule has 0 spiro atoms. The summed E-state index contributed by atoms with van der Waals surface area (Å²) in [5.74, 6) is -0.0595. The molecule has 0 heterocycles. The van der Waals surface area contributed by atoms with Crippen molar-refractivity contribution >= 4 is 11.9 Å². The molecule has 3 N–H and O–H groups in total. The first-order valence-electron chi connectivity index (χ1n) is 36.3. The molecule has 6 heteroatoms. The topological polar surface area (TPSA) is 95.9 Å². The summed E-state index contributed by atoms with van der Waals surface area (Å²) in [6, 6.07) is -0.631. The smallest absolute Gasteiger partial charge is 0.305 e. The van der Waals surface area contributed by atoms with Crippen LogP contribution >= 0.6 is 0 Å². The van der Waals surface area contributed by atoms with Gasteiger partial charge < -0.3 is 20.3 Å². The Labute approximate surface area is 500 Å². The summed E-state index contributed by atoms with van der Waals surface area (Å²) in [5.41, 5.74) is 0. The number of ether oxygens (including phenoxy) is 1. The predicted octanol–water partition coefficient (Wildman–Crippen LogP) is 23.5. The van der Waals surface area contributed by atoms with Crippen molar-refractivity contribution in [2.45, 2.75) is 411 Å². The van der Waals surface area contributed by atoms with Gasteiger partial charge in [0.1, 0.15) is 0 Å². The number of aliphatic hydroxyl groups is 2. The quantitative estimate of drug-likeness (QED) is 0.0320. The molecule has 0 bridgehead atoms. The molecule has 2 unspecified atom stereocenters. The summed E-state index contributed by atoms with van der Waals surface area (Å²) in [6.45, 7) is 4.93. The Bertz CT molecular complexity index is 1300. The molecule has 6 nitrogen and oxygen atoms in total. The summed E-state index contributed by atoms with van der Waals surface area (Å²) in [6.07, 6.45) is 89.4. The maximum absolute atomic E-state index is 12.5. The van der Waals surface area contributed by atoms with E-state index in [-0.39, 0.29) is 18.5 Å². The van der Waals surface area contributed by atoms with E-state index >= 15 is 0 Å². The van der Waals surface area contributed by atoms with Gasteiger partial charge in [-0.1, -0.05) is 339 Å². The average molecular weight is 1120 g/mol. The minimum absolute atomic E-state index is 0.00653. The van der Waals surface area contributed by atoms with Gasteiger partial charge >= 0.3 is 5.97 Å². The molecule has 0 aliphatic heterocycles. The number of rotatable bonds is 68. The van der Waals surface area contributed by atoms with Crippen LogP contribution in [0.25, 0.3) is 0 Å². The standard InChI is InChI=1S/C74H141NO5/c1-3-5-7-9-11-13-15-17-19-20-21-22-29-32-35-39-42-46-50-54-58-62-66-72(77)71(70-76)75-73(78)67-63-59-55-51-47-43-40-36-33-30-27-25-23-24-26-28-31-34-37-41-45-49-53-57-61-65-69-80-74(79)68-64-60-56-52-48-44-38-18-16-14-12-10-8-6-4-2/h18,23,25,38,62,66,71-72,76-77H,3-17,19-22,24,26-37,39-61,63-65,67-70H2,1-2H3,(H,75,78)/b25-23-,38-18-,66-62+. The Morgan fingerprint density at radius 1 is 0.338 bits per heavy atom. The van der Waals surface area contributed by atoms with Gasteiger partial charge in [-0.25, -0.2) is 0 Å². The molecule has 0 saturated heterocycles. The number of unbranched alkanes of at least 4 members (excludes halogenated alkanes) is 53. The zero-order valence-electron chi connectivity index (χ0n) is 54.1. The molecule has 0 aromatic carbocycles. The highest BCUT2D eigenvalue weighted by Crippen LogP contribution is 2.18. The molecule has 0 rings (SSSR count). The van der Waals surface area contributed by atoms with Crippen LogP contribution < -0.4 is 5.32 Å². The molecular formula is C74H141NO5. The van der Waals surface area contributed by atoms with Crippen molar-refractivity contribution in [3.63, 3.8) is 0 Å². The molecule has 0 aliphatic rings. The third-order valence-corrected chi connectivity index (χ3v) is 16.9. The SMILES string of the molecule is CCCCCCCC/C=C\CCCCCCCC(=O)OCCCCCCCCCCCCCC/C=C\CCCCCCCCCCCCC(=O)NC(CO)C(O)/C=C/CCCCCCCCCCCCCCCCCCCCCC. The Balaban J connectivity index is 3.42. The molecular weight excluding hydrogens is 983 g/mol. The lowest BCUT2D eigenvalue weighted by Crippen LogP contribution is -2.45. The highest BCUT2D eigenvalue weighted by molar-refractivity contribution is 5.76. The first-order valence-corrected chi connectivity index (χ1v) is 36.3. The van der Waals surface area contributed by atoms with E-state index < -0.39 is 12.1 Å². The van der Waals surface area contributed by atoms with Crippen molar-refractivity contribution in [2.75, 3.05) is 13.2 Å². The number of carbonyl (C=O) groups excluding carboxylic acids is 2. The van der Waals surface area contributed by atoms with E-state index in [1.807, 2.05) is 6.08 Å². The van der Waals surface area contributed by atoms with Gasteiger partial charge in [0.05, 0.1) is 25.4 Å². The van der Waals surface area contributed by atoms with Crippen molar-refractivity contribution < 1.29 is 24.5 Å². The van der Waals surface area contributed by atoms with Crippen molar-refractivity contribution in [3.05, 3.63) is 36.5 Å². The minimum Gasteiger partial charge on any atom is -0.466 e. The van der Waals surface area contributed by atoms with E-state index in [2.05, 4.69) is 43.5 Å². The number of carbonyl (C=O) groups is 2. The molecule has 0 saturated carbocycles. The monoisotopic (exact) mass is 1120 g/mol. The Hall–Kier alpha value is -1.92. The molecule has 80 heavy (non-hydrogen) atoms. The molecule has 2 atom stereocenters. The van der Waals surface area contributed by atoms with E-state index in [4.69, 9.17) is 4.74 Å². The first-order chi connectivity index (χ1) is 39.5. The number of allylic oxidation sites excluding steroid dienone is 5. The van der Waals surface area contributed by atoms with Gasteiger partial charge in [0.15, 0.2) is 0 Å². The van der Waals surface area contributed by atoms with Gasteiger partial charge in [0.25, 0.3) is 0 Å². The van der Waals surface area contributed by atoms with Gasteiger partial charge in [0.2, 0.25) is 5.91 Å².